The van der Waals surface area contributed by atoms with Crippen LogP contribution in [0.4, 0.5) is 17.3 Å². The van der Waals surface area contributed by atoms with Crippen LogP contribution in [0.3, 0.4) is 0 Å². The van der Waals surface area contributed by atoms with E-state index in [9.17, 15) is 0 Å². The van der Waals surface area contributed by atoms with Gasteiger partial charge in [0, 0.05) is 17.8 Å². The molecule has 3 rings (SSSR count). The van der Waals surface area contributed by atoms with Gasteiger partial charge in [-0.2, -0.15) is 0 Å². The van der Waals surface area contributed by atoms with Crippen LogP contribution in [0.2, 0.25) is 0 Å². The predicted octanol–water partition coefficient (Wildman–Crippen LogP) is 1.54. The Hall–Kier alpha value is -2.54. The lowest BCUT2D eigenvalue weighted by atomic mass is 10.3. The standard InChI is InChI=1S/C12H13N5O2/c1-7-14-11(5-12(15-7)17-13)16-8-2-3-9-10(4-8)19-6-18-9/h2-5H,6,13H2,1H3,(H2,14,15,16,17). The minimum Gasteiger partial charge on any atom is -0.454 e. The summed E-state index contributed by atoms with van der Waals surface area (Å²) in [7, 11) is 0. The number of fused-ring (bicyclic) bond motifs is 1. The summed E-state index contributed by atoms with van der Waals surface area (Å²) < 4.78 is 10.6. The fourth-order valence-corrected chi connectivity index (χ4v) is 1.83. The number of ether oxygens (including phenoxy) is 2. The molecule has 0 spiro atoms. The van der Waals surface area contributed by atoms with Gasteiger partial charge in [-0.1, -0.05) is 0 Å². The van der Waals surface area contributed by atoms with Crippen molar-refractivity contribution in [1.82, 2.24) is 9.97 Å². The SMILES string of the molecule is Cc1nc(NN)cc(Nc2ccc3c(c2)OCO3)n1. The molecule has 1 aromatic heterocycles. The lowest BCUT2D eigenvalue weighted by Crippen LogP contribution is -2.10. The Morgan fingerprint density at radius 2 is 1.89 bits per heavy atom. The van der Waals surface area contributed by atoms with Crippen LogP contribution < -0.4 is 26.1 Å². The Balaban J connectivity index is 1.86. The van der Waals surface area contributed by atoms with E-state index >= 15 is 0 Å². The molecule has 0 unspecified atom stereocenters. The summed E-state index contributed by atoms with van der Waals surface area (Å²) >= 11 is 0. The average Bonchev–Trinajstić information content (AvgIpc) is 2.85. The number of rotatable bonds is 3. The Kier molecular flexibility index (Phi) is 2.81. The van der Waals surface area contributed by atoms with Gasteiger partial charge in [-0.05, 0) is 19.1 Å². The number of benzene rings is 1. The Morgan fingerprint density at radius 1 is 1.11 bits per heavy atom. The van der Waals surface area contributed by atoms with Crippen LogP contribution in [0.15, 0.2) is 24.3 Å². The molecule has 0 bridgehead atoms. The Morgan fingerprint density at radius 3 is 2.74 bits per heavy atom. The van der Waals surface area contributed by atoms with Gasteiger partial charge in [-0.15, -0.1) is 0 Å². The number of anilines is 3. The first kappa shape index (κ1) is 11.5. The molecule has 98 valence electrons. The van der Waals surface area contributed by atoms with Crippen molar-refractivity contribution in [3.8, 4) is 11.5 Å². The van der Waals surface area contributed by atoms with E-state index < -0.39 is 0 Å². The molecule has 7 nitrogen and oxygen atoms in total. The summed E-state index contributed by atoms with van der Waals surface area (Å²) in [6.07, 6.45) is 0. The van der Waals surface area contributed by atoms with Crippen LogP contribution in [0.1, 0.15) is 5.82 Å². The molecule has 0 aliphatic carbocycles. The maximum atomic E-state index is 5.35. The van der Waals surface area contributed by atoms with E-state index in [0.29, 0.717) is 23.2 Å². The maximum Gasteiger partial charge on any atom is 0.231 e. The van der Waals surface area contributed by atoms with Gasteiger partial charge < -0.3 is 20.2 Å². The van der Waals surface area contributed by atoms with Crippen LogP contribution in [0.5, 0.6) is 11.5 Å². The monoisotopic (exact) mass is 259 g/mol. The molecule has 0 fully saturated rings. The molecule has 2 aromatic rings. The van der Waals surface area contributed by atoms with E-state index in [1.807, 2.05) is 18.2 Å². The highest BCUT2D eigenvalue weighted by Crippen LogP contribution is 2.34. The van der Waals surface area contributed by atoms with Gasteiger partial charge in [0.1, 0.15) is 17.5 Å². The van der Waals surface area contributed by atoms with E-state index in [2.05, 4.69) is 20.7 Å². The zero-order valence-corrected chi connectivity index (χ0v) is 10.3. The third kappa shape index (κ3) is 2.36. The largest absolute Gasteiger partial charge is 0.454 e. The van der Waals surface area contributed by atoms with Gasteiger partial charge in [0.25, 0.3) is 0 Å². The van der Waals surface area contributed by atoms with Crippen molar-refractivity contribution < 1.29 is 9.47 Å². The molecule has 0 amide bonds. The first-order chi connectivity index (χ1) is 9.24. The van der Waals surface area contributed by atoms with E-state index in [0.717, 1.165) is 11.4 Å². The third-order valence-corrected chi connectivity index (χ3v) is 2.63. The molecule has 2 heterocycles. The van der Waals surface area contributed by atoms with Crippen LogP contribution in [0.25, 0.3) is 0 Å². The number of nitrogens with two attached hydrogens (primary N) is 1. The molecular formula is C12H13N5O2. The summed E-state index contributed by atoms with van der Waals surface area (Å²) in [6, 6.07) is 7.31. The molecule has 7 heteroatoms. The van der Waals surface area contributed by atoms with Crippen LogP contribution >= 0.6 is 0 Å². The molecule has 1 aliphatic heterocycles. The lowest BCUT2D eigenvalue weighted by Gasteiger charge is -2.08. The Labute approximate surface area is 109 Å². The highest BCUT2D eigenvalue weighted by Gasteiger charge is 2.13. The second-order valence-corrected chi connectivity index (χ2v) is 4.02. The minimum atomic E-state index is 0.257. The lowest BCUT2D eigenvalue weighted by molar-refractivity contribution is 0.174. The van der Waals surface area contributed by atoms with Crippen molar-refractivity contribution in [1.29, 1.82) is 0 Å². The number of hydrogen-bond donors (Lipinski definition) is 3. The number of nitrogens with one attached hydrogen (secondary N) is 2. The number of hydrogen-bond acceptors (Lipinski definition) is 7. The summed E-state index contributed by atoms with van der Waals surface area (Å²) in [5.74, 6) is 8.64. The summed E-state index contributed by atoms with van der Waals surface area (Å²) in [4.78, 5) is 8.40. The van der Waals surface area contributed by atoms with E-state index in [1.54, 1.807) is 13.0 Å². The molecule has 4 N–H and O–H groups in total. The number of nitrogen functional groups attached to an aromatic ring is 1. The number of hydrazine groups is 1. The molecule has 0 radical (unpaired) electrons. The second kappa shape index (κ2) is 4.62. The topological polar surface area (TPSA) is 94.3 Å². The van der Waals surface area contributed by atoms with Gasteiger partial charge in [0.15, 0.2) is 11.5 Å². The predicted molar refractivity (Wildman–Crippen MR) is 70.4 cm³/mol. The average molecular weight is 259 g/mol. The maximum absolute atomic E-state index is 5.35. The summed E-state index contributed by atoms with van der Waals surface area (Å²) in [5, 5.41) is 3.17. The van der Waals surface area contributed by atoms with Gasteiger partial charge in [-0.3, -0.25) is 0 Å². The number of nitrogens with zero attached hydrogens (tertiary/aromatic N) is 2. The molecule has 19 heavy (non-hydrogen) atoms. The third-order valence-electron chi connectivity index (χ3n) is 2.63. The fourth-order valence-electron chi connectivity index (χ4n) is 1.83. The van der Waals surface area contributed by atoms with Crippen molar-refractivity contribution in [2.24, 2.45) is 5.84 Å². The molecule has 1 aromatic carbocycles. The van der Waals surface area contributed by atoms with Crippen molar-refractivity contribution in [2.75, 3.05) is 17.5 Å². The van der Waals surface area contributed by atoms with Gasteiger partial charge in [0.05, 0.1) is 0 Å². The highest BCUT2D eigenvalue weighted by atomic mass is 16.7. The van der Waals surface area contributed by atoms with Crippen LogP contribution in [-0.4, -0.2) is 16.8 Å². The molecule has 0 atom stereocenters. The summed E-state index contributed by atoms with van der Waals surface area (Å²) in [5.41, 5.74) is 3.35. The first-order valence-corrected chi connectivity index (χ1v) is 5.73. The molecular weight excluding hydrogens is 246 g/mol. The van der Waals surface area contributed by atoms with Gasteiger partial charge >= 0.3 is 0 Å². The highest BCUT2D eigenvalue weighted by molar-refractivity contribution is 5.63. The smallest absolute Gasteiger partial charge is 0.231 e. The van der Waals surface area contributed by atoms with Crippen molar-refractivity contribution in [3.63, 3.8) is 0 Å². The molecule has 1 aliphatic rings. The van der Waals surface area contributed by atoms with Crippen molar-refractivity contribution >= 4 is 17.3 Å². The quantitative estimate of drug-likeness (QED) is 0.568. The molecule has 0 saturated heterocycles. The zero-order valence-electron chi connectivity index (χ0n) is 10.3. The summed E-state index contributed by atoms with van der Waals surface area (Å²) in [6.45, 7) is 2.05. The van der Waals surface area contributed by atoms with Crippen molar-refractivity contribution in [2.45, 2.75) is 6.92 Å². The fraction of sp³-hybridized carbons (Fsp3) is 0.167. The number of aryl methyl sites for hydroxylation is 1. The molecule has 0 saturated carbocycles. The van der Waals surface area contributed by atoms with Crippen molar-refractivity contribution in [3.05, 3.63) is 30.1 Å². The van der Waals surface area contributed by atoms with Gasteiger partial charge in [0.2, 0.25) is 6.79 Å². The van der Waals surface area contributed by atoms with Crippen LogP contribution in [0, 0.1) is 6.92 Å². The van der Waals surface area contributed by atoms with E-state index in [-0.39, 0.29) is 6.79 Å². The zero-order chi connectivity index (χ0) is 13.2. The normalized spacial score (nSPS) is 12.3. The van der Waals surface area contributed by atoms with Crippen LogP contribution in [-0.2, 0) is 0 Å². The van der Waals surface area contributed by atoms with E-state index in [4.69, 9.17) is 15.3 Å². The number of aromatic nitrogens is 2. The van der Waals surface area contributed by atoms with E-state index in [1.165, 1.54) is 0 Å². The minimum absolute atomic E-state index is 0.257. The first-order valence-electron chi connectivity index (χ1n) is 5.73. The second-order valence-electron chi connectivity index (χ2n) is 4.02. The van der Waals surface area contributed by atoms with Gasteiger partial charge in [-0.25, -0.2) is 15.8 Å². The Bertz CT molecular complexity index is 617.